The SMILES string of the molecule is CC[C@@H](C(=O)NC1CCCCC1)N(Cc1ccc(F)cc1)C(=O)CN(c1ccc(Oc2ccccc2)cc1)S(C)(=O)=O. The normalized spacial score (nSPS) is 14.5. The van der Waals surface area contributed by atoms with E-state index in [-0.39, 0.29) is 24.2 Å². The number of anilines is 1. The van der Waals surface area contributed by atoms with Gasteiger partial charge in [0.15, 0.2) is 0 Å². The highest BCUT2D eigenvalue weighted by Crippen LogP contribution is 2.26. The smallest absolute Gasteiger partial charge is 0.244 e. The molecular weight excluding hydrogens is 557 g/mol. The molecule has 1 atom stereocenters. The Bertz CT molecular complexity index is 1430. The first kappa shape index (κ1) is 31.0. The van der Waals surface area contributed by atoms with E-state index in [1.54, 1.807) is 48.5 Å². The fourth-order valence-electron chi connectivity index (χ4n) is 5.17. The minimum absolute atomic E-state index is 0.0250. The van der Waals surface area contributed by atoms with Gasteiger partial charge in [-0.15, -0.1) is 0 Å². The molecule has 1 fully saturated rings. The van der Waals surface area contributed by atoms with Crippen molar-refractivity contribution in [2.45, 2.75) is 64.1 Å². The zero-order valence-electron chi connectivity index (χ0n) is 24.0. The predicted molar refractivity (Wildman–Crippen MR) is 161 cm³/mol. The molecule has 0 heterocycles. The second kappa shape index (κ2) is 14.3. The molecule has 42 heavy (non-hydrogen) atoms. The lowest BCUT2D eigenvalue weighted by atomic mass is 9.95. The summed E-state index contributed by atoms with van der Waals surface area (Å²) in [6.07, 6.45) is 6.36. The van der Waals surface area contributed by atoms with Crippen LogP contribution in [0.25, 0.3) is 0 Å². The molecule has 1 aliphatic rings. The van der Waals surface area contributed by atoms with Gasteiger partial charge in [0.25, 0.3) is 0 Å². The topological polar surface area (TPSA) is 96.0 Å². The maximum atomic E-state index is 13.9. The molecule has 1 saturated carbocycles. The van der Waals surface area contributed by atoms with Crippen molar-refractivity contribution in [1.82, 2.24) is 10.2 Å². The van der Waals surface area contributed by atoms with Crippen LogP contribution in [0.5, 0.6) is 11.5 Å². The van der Waals surface area contributed by atoms with Crippen molar-refractivity contribution in [3.8, 4) is 11.5 Å². The molecular formula is C32H38FN3O5S. The van der Waals surface area contributed by atoms with Crippen molar-refractivity contribution >= 4 is 27.5 Å². The van der Waals surface area contributed by atoms with Crippen molar-refractivity contribution in [3.05, 3.63) is 90.2 Å². The Labute approximate surface area is 247 Å². The molecule has 8 nitrogen and oxygen atoms in total. The van der Waals surface area contributed by atoms with Gasteiger partial charge < -0.3 is 15.0 Å². The Balaban J connectivity index is 1.57. The van der Waals surface area contributed by atoms with Crippen LogP contribution >= 0.6 is 0 Å². The van der Waals surface area contributed by atoms with E-state index in [4.69, 9.17) is 4.74 Å². The number of sulfonamides is 1. The van der Waals surface area contributed by atoms with Gasteiger partial charge in [-0.2, -0.15) is 0 Å². The summed E-state index contributed by atoms with van der Waals surface area (Å²) in [5, 5.41) is 3.10. The maximum absolute atomic E-state index is 13.9. The van der Waals surface area contributed by atoms with Gasteiger partial charge >= 0.3 is 0 Å². The Hall–Kier alpha value is -3.92. The summed E-state index contributed by atoms with van der Waals surface area (Å²) in [6, 6.07) is 20.5. The molecule has 0 aliphatic heterocycles. The first-order valence-corrected chi connectivity index (χ1v) is 16.1. The van der Waals surface area contributed by atoms with E-state index in [1.807, 2.05) is 25.1 Å². The highest BCUT2D eigenvalue weighted by atomic mass is 32.2. The van der Waals surface area contributed by atoms with Crippen molar-refractivity contribution in [1.29, 1.82) is 0 Å². The number of amides is 2. The third-order valence-corrected chi connectivity index (χ3v) is 8.53. The van der Waals surface area contributed by atoms with E-state index in [0.29, 0.717) is 23.5 Å². The summed E-state index contributed by atoms with van der Waals surface area (Å²) in [5.41, 5.74) is 0.912. The summed E-state index contributed by atoms with van der Waals surface area (Å²) in [7, 11) is -3.88. The number of hydrogen-bond donors (Lipinski definition) is 1. The van der Waals surface area contributed by atoms with Crippen LogP contribution in [-0.2, 0) is 26.2 Å². The zero-order valence-corrected chi connectivity index (χ0v) is 24.9. The highest BCUT2D eigenvalue weighted by Gasteiger charge is 2.32. The molecule has 0 unspecified atom stereocenters. The molecule has 1 N–H and O–H groups in total. The summed E-state index contributed by atoms with van der Waals surface area (Å²) in [4.78, 5) is 28.8. The lowest BCUT2D eigenvalue weighted by Crippen LogP contribution is -2.53. The van der Waals surface area contributed by atoms with E-state index in [0.717, 1.165) is 42.7 Å². The number of rotatable bonds is 12. The Morgan fingerprint density at radius 2 is 1.55 bits per heavy atom. The Morgan fingerprint density at radius 3 is 2.14 bits per heavy atom. The number of carbonyl (C=O) groups excluding carboxylic acids is 2. The summed E-state index contributed by atoms with van der Waals surface area (Å²) in [6.45, 7) is 1.33. The van der Waals surface area contributed by atoms with E-state index in [9.17, 15) is 22.4 Å². The lowest BCUT2D eigenvalue weighted by molar-refractivity contribution is -0.140. The van der Waals surface area contributed by atoms with Crippen LogP contribution in [-0.4, -0.2) is 50.0 Å². The molecule has 1 aliphatic carbocycles. The largest absolute Gasteiger partial charge is 0.457 e. The molecule has 0 saturated heterocycles. The predicted octanol–water partition coefficient (Wildman–Crippen LogP) is 5.64. The van der Waals surface area contributed by atoms with Gasteiger partial charge in [0.1, 0.15) is 29.9 Å². The number of ether oxygens (including phenoxy) is 1. The summed E-state index contributed by atoms with van der Waals surface area (Å²) >= 11 is 0. The second-order valence-corrected chi connectivity index (χ2v) is 12.5. The average molecular weight is 596 g/mol. The van der Waals surface area contributed by atoms with Crippen molar-refractivity contribution < 1.29 is 27.1 Å². The van der Waals surface area contributed by atoms with Crippen LogP contribution in [0.1, 0.15) is 51.0 Å². The fourth-order valence-corrected chi connectivity index (χ4v) is 6.02. The number of para-hydroxylation sites is 1. The number of nitrogens with zero attached hydrogens (tertiary/aromatic N) is 2. The van der Waals surface area contributed by atoms with Crippen molar-refractivity contribution in [3.63, 3.8) is 0 Å². The number of nitrogens with one attached hydrogen (secondary N) is 1. The Kier molecular flexibility index (Phi) is 10.6. The average Bonchev–Trinajstić information content (AvgIpc) is 2.98. The van der Waals surface area contributed by atoms with Crippen LogP contribution in [0.3, 0.4) is 0 Å². The van der Waals surface area contributed by atoms with Crippen LogP contribution < -0.4 is 14.4 Å². The monoisotopic (exact) mass is 595 g/mol. The first-order chi connectivity index (χ1) is 20.1. The lowest BCUT2D eigenvalue weighted by Gasteiger charge is -2.34. The number of carbonyl (C=O) groups is 2. The summed E-state index contributed by atoms with van der Waals surface area (Å²) in [5.74, 6) is -0.0862. The molecule has 0 aromatic heterocycles. The van der Waals surface area contributed by atoms with E-state index in [2.05, 4.69) is 5.32 Å². The second-order valence-electron chi connectivity index (χ2n) is 10.6. The van der Waals surface area contributed by atoms with E-state index >= 15 is 0 Å². The van der Waals surface area contributed by atoms with Crippen LogP contribution in [0, 0.1) is 5.82 Å². The molecule has 2 amide bonds. The highest BCUT2D eigenvalue weighted by molar-refractivity contribution is 7.92. The van der Waals surface area contributed by atoms with E-state index in [1.165, 1.54) is 17.0 Å². The van der Waals surface area contributed by atoms with Crippen molar-refractivity contribution in [2.75, 3.05) is 17.1 Å². The molecule has 0 spiro atoms. The number of halogens is 1. The molecule has 224 valence electrons. The van der Waals surface area contributed by atoms with Gasteiger partial charge in [0.2, 0.25) is 21.8 Å². The molecule has 10 heteroatoms. The van der Waals surface area contributed by atoms with Gasteiger partial charge in [-0.1, -0.05) is 56.5 Å². The Morgan fingerprint density at radius 1 is 0.929 bits per heavy atom. The molecule has 0 bridgehead atoms. The molecule has 0 radical (unpaired) electrons. The third kappa shape index (κ3) is 8.55. The third-order valence-electron chi connectivity index (χ3n) is 7.39. The van der Waals surface area contributed by atoms with Gasteiger partial charge in [-0.25, -0.2) is 12.8 Å². The molecule has 4 rings (SSSR count). The minimum atomic E-state index is -3.88. The van der Waals surface area contributed by atoms with Gasteiger partial charge in [0.05, 0.1) is 11.9 Å². The van der Waals surface area contributed by atoms with Gasteiger partial charge in [0, 0.05) is 12.6 Å². The first-order valence-electron chi connectivity index (χ1n) is 14.3. The van der Waals surface area contributed by atoms with Crippen molar-refractivity contribution in [2.24, 2.45) is 0 Å². The van der Waals surface area contributed by atoms with Crippen LogP contribution in [0.15, 0.2) is 78.9 Å². The fraction of sp³-hybridized carbons (Fsp3) is 0.375. The molecule has 3 aromatic rings. The number of benzene rings is 3. The number of hydrogen-bond acceptors (Lipinski definition) is 5. The van der Waals surface area contributed by atoms with Crippen LogP contribution in [0.4, 0.5) is 10.1 Å². The van der Waals surface area contributed by atoms with Crippen LogP contribution in [0.2, 0.25) is 0 Å². The zero-order chi connectivity index (χ0) is 30.1. The standard InChI is InChI=1S/C32H38FN3O5S/c1-3-30(32(38)34-26-10-6-4-7-11-26)35(22-24-14-16-25(33)17-15-24)31(37)23-36(42(2,39)40)27-18-20-29(21-19-27)41-28-12-8-5-9-13-28/h5,8-9,12-21,26,30H,3-4,6-7,10-11,22-23H2,1-2H3,(H,34,38)/t30-/m0/s1. The minimum Gasteiger partial charge on any atom is -0.457 e. The van der Waals surface area contributed by atoms with E-state index < -0.39 is 34.3 Å². The quantitative estimate of drug-likeness (QED) is 0.292. The summed E-state index contributed by atoms with van der Waals surface area (Å²) < 4.78 is 46.2. The van der Waals surface area contributed by atoms with Gasteiger partial charge in [-0.3, -0.25) is 13.9 Å². The molecule has 3 aromatic carbocycles. The van der Waals surface area contributed by atoms with Gasteiger partial charge in [-0.05, 0) is 73.4 Å². The maximum Gasteiger partial charge on any atom is 0.244 e.